The van der Waals surface area contributed by atoms with Gasteiger partial charge in [-0.3, -0.25) is 9.59 Å². The van der Waals surface area contributed by atoms with Gasteiger partial charge >= 0.3 is 0 Å². The van der Waals surface area contributed by atoms with Crippen LogP contribution in [-0.2, 0) is 9.59 Å². The van der Waals surface area contributed by atoms with E-state index in [-0.39, 0.29) is 11.8 Å². The molecule has 2 amide bonds. The maximum Gasteiger partial charge on any atom is 0.244 e. The van der Waals surface area contributed by atoms with E-state index < -0.39 is 0 Å². The third-order valence-corrected chi connectivity index (χ3v) is 2.31. The third-order valence-electron chi connectivity index (χ3n) is 2.07. The lowest BCUT2D eigenvalue weighted by Gasteiger charge is -2.02. The molecular formula is C13H15ClN2O2. The van der Waals surface area contributed by atoms with Gasteiger partial charge in [0.05, 0.1) is 0 Å². The van der Waals surface area contributed by atoms with E-state index in [9.17, 15) is 9.59 Å². The van der Waals surface area contributed by atoms with Gasteiger partial charge in [0.15, 0.2) is 0 Å². The van der Waals surface area contributed by atoms with Gasteiger partial charge in [-0.05, 0) is 23.8 Å². The van der Waals surface area contributed by atoms with Crippen LogP contribution in [0, 0.1) is 0 Å². The van der Waals surface area contributed by atoms with Gasteiger partial charge in [0.2, 0.25) is 11.8 Å². The summed E-state index contributed by atoms with van der Waals surface area (Å²) in [6.07, 6.45) is 3.11. The Morgan fingerprint density at radius 1 is 1.28 bits per heavy atom. The number of halogens is 1. The minimum Gasteiger partial charge on any atom is -0.355 e. The molecular weight excluding hydrogens is 252 g/mol. The number of amides is 2. The van der Waals surface area contributed by atoms with Crippen LogP contribution in [0.2, 0.25) is 5.02 Å². The van der Waals surface area contributed by atoms with Gasteiger partial charge in [-0.25, -0.2) is 0 Å². The molecule has 0 aliphatic heterocycles. The van der Waals surface area contributed by atoms with Crippen molar-refractivity contribution in [3.05, 3.63) is 40.9 Å². The van der Waals surface area contributed by atoms with Crippen LogP contribution in [-0.4, -0.2) is 24.9 Å². The molecule has 2 N–H and O–H groups in total. The number of benzene rings is 1. The van der Waals surface area contributed by atoms with Crippen LogP contribution in [0.3, 0.4) is 0 Å². The summed E-state index contributed by atoms with van der Waals surface area (Å²) in [5, 5.41) is 5.86. The first kappa shape index (κ1) is 14.3. The topological polar surface area (TPSA) is 58.2 Å². The Morgan fingerprint density at radius 3 is 2.67 bits per heavy atom. The van der Waals surface area contributed by atoms with E-state index >= 15 is 0 Å². The van der Waals surface area contributed by atoms with Crippen LogP contribution in [0.15, 0.2) is 30.3 Å². The van der Waals surface area contributed by atoms with Gasteiger partial charge in [0, 0.05) is 31.1 Å². The van der Waals surface area contributed by atoms with Crippen LogP contribution >= 0.6 is 11.6 Å². The molecule has 4 nitrogen and oxygen atoms in total. The third kappa shape index (κ3) is 6.06. The fourth-order valence-electron chi connectivity index (χ4n) is 1.27. The highest BCUT2D eigenvalue weighted by atomic mass is 35.5. The summed E-state index contributed by atoms with van der Waals surface area (Å²) in [7, 11) is 0. The average molecular weight is 267 g/mol. The quantitative estimate of drug-likeness (QED) is 0.628. The first-order chi connectivity index (χ1) is 8.58. The van der Waals surface area contributed by atoms with Crippen LogP contribution in [0.4, 0.5) is 0 Å². The maximum absolute atomic E-state index is 11.4. The number of hydrogen-bond donors (Lipinski definition) is 2. The van der Waals surface area contributed by atoms with Crippen molar-refractivity contribution in [3.8, 4) is 0 Å². The average Bonchev–Trinajstić information content (AvgIpc) is 2.32. The summed E-state index contributed by atoms with van der Waals surface area (Å²) < 4.78 is 0. The Bertz CT molecular complexity index is 458. The van der Waals surface area contributed by atoms with Gasteiger partial charge in [0.1, 0.15) is 0 Å². The predicted octanol–water partition coefficient (Wildman–Crippen LogP) is 1.61. The molecule has 0 fully saturated rings. The Hall–Kier alpha value is -1.81. The standard InChI is InChI=1S/C13H15ClN2O2/c1-10(17)15-7-8-16-13(18)6-5-11-3-2-4-12(14)9-11/h2-6,9H,7-8H2,1H3,(H,15,17)(H,16,18). The van der Waals surface area contributed by atoms with Crippen molar-refractivity contribution in [2.75, 3.05) is 13.1 Å². The summed E-state index contributed by atoms with van der Waals surface area (Å²) in [6.45, 7) is 2.26. The second kappa shape index (κ2) is 7.50. The molecule has 0 aromatic heterocycles. The SMILES string of the molecule is CC(=O)NCCNC(=O)C=Cc1cccc(Cl)c1. The molecule has 18 heavy (non-hydrogen) atoms. The molecule has 0 heterocycles. The van der Waals surface area contributed by atoms with Crippen molar-refractivity contribution in [1.29, 1.82) is 0 Å². The van der Waals surface area contributed by atoms with Crippen molar-refractivity contribution in [2.24, 2.45) is 0 Å². The molecule has 0 saturated carbocycles. The predicted molar refractivity (Wildman–Crippen MR) is 72.2 cm³/mol. The fourth-order valence-corrected chi connectivity index (χ4v) is 1.46. The first-order valence-electron chi connectivity index (χ1n) is 5.54. The highest BCUT2D eigenvalue weighted by molar-refractivity contribution is 6.30. The molecule has 0 bridgehead atoms. The molecule has 0 aliphatic carbocycles. The summed E-state index contributed by atoms with van der Waals surface area (Å²) in [4.78, 5) is 22.0. The lowest BCUT2D eigenvalue weighted by molar-refractivity contribution is -0.119. The zero-order chi connectivity index (χ0) is 13.4. The van der Waals surface area contributed by atoms with E-state index in [1.807, 2.05) is 12.1 Å². The molecule has 0 radical (unpaired) electrons. The number of rotatable bonds is 5. The normalized spacial score (nSPS) is 10.3. The van der Waals surface area contributed by atoms with Crippen molar-refractivity contribution in [1.82, 2.24) is 10.6 Å². The number of carbonyl (C=O) groups excluding carboxylic acids is 2. The molecule has 0 aliphatic rings. The Labute approximate surface area is 111 Å². The Morgan fingerprint density at radius 2 is 2.00 bits per heavy atom. The zero-order valence-corrected chi connectivity index (χ0v) is 10.8. The van der Waals surface area contributed by atoms with Crippen LogP contribution in [0.5, 0.6) is 0 Å². The second-order valence-electron chi connectivity index (χ2n) is 3.66. The van der Waals surface area contributed by atoms with Crippen molar-refractivity contribution < 1.29 is 9.59 Å². The van der Waals surface area contributed by atoms with Crippen LogP contribution < -0.4 is 10.6 Å². The van der Waals surface area contributed by atoms with E-state index in [0.717, 1.165) is 5.56 Å². The summed E-state index contributed by atoms with van der Waals surface area (Å²) in [5.41, 5.74) is 0.861. The van der Waals surface area contributed by atoms with E-state index in [0.29, 0.717) is 18.1 Å². The summed E-state index contributed by atoms with van der Waals surface area (Å²) in [6, 6.07) is 7.21. The summed E-state index contributed by atoms with van der Waals surface area (Å²) in [5.74, 6) is -0.320. The number of carbonyl (C=O) groups is 2. The monoisotopic (exact) mass is 266 g/mol. The van der Waals surface area contributed by atoms with Gasteiger partial charge in [-0.2, -0.15) is 0 Å². The van der Waals surface area contributed by atoms with Crippen LogP contribution in [0.1, 0.15) is 12.5 Å². The van der Waals surface area contributed by atoms with E-state index in [1.54, 1.807) is 18.2 Å². The van der Waals surface area contributed by atoms with Crippen molar-refractivity contribution >= 4 is 29.5 Å². The van der Waals surface area contributed by atoms with Crippen LogP contribution in [0.25, 0.3) is 6.08 Å². The van der Waals surface area contributed by atoms with Gasteiger partial charge in [0.25, 0.3) is 0 Å². The van der Waals surface area contributed by atoms with Gasteiger partial charge in [-0.15, -0.1) is 0 Å². The maximum atomic E-state index is 11.4. The Balaban J connectivity index is 2.33. The van der Waals surface area contributed by atoms with Gasteiger partial charge in [-0.1, -0.05) is 23.7 Å². The molecule has 0 atom stereocenters. The zero-order valence-electron chi connectivity index (χ0n) is 10.1. The first-order valence-corrected chi connectivity index (χ1v) is 5.91. The Kier molecular flexibility index (Phi) is 5.94. The number of hydrogen-bond acceptors (Lipinski definition) is 2. The second-order valence-corrected chi connectivity index (χ2v) is 4.10. The molecule has 5 heteroatoms. The molecule has 96 valence electrons. The van der Waals surface area contributed by atoms with E-state index in [1.165, 1.54) is 13.0 Å². The van der Waals surface area contributed by atoms with Crippen molar-refractivity contribution in [3.63, 3.8) is 0 Å². The molecule has 0 saturated heterocycles. The fraction of sp³-hybridized carbons (Fsp3) is 0.231. The molecule has 1 aromatic carbocycles. The highest BCUT2D eigenvalue weighted by Crippen LogP contribution is 2.11. The lowest BCUT2D eigenvalue weighted by Crippen LogP contribution is -2.32. The smallest absolute Gasteiger partial charge is 0.244 e. The molecule has 1 rings (SSSR count). The molecule has 0 unspecified atom stereocenters. The van der Waals surface area contributed by atoms with E-state index in [2.05, 4.69) is 10.6 Å². The molecule has 1 aromatic rings. The van der Waals surface area contributed by atoms with Gasteiger partial charge < -0.3 is 10.6 Å². The lowest BCUT2D eigenvalue weighted by atomic mass is 10.2. The van der Waals surface area contributed by atoms with E-state index in [4.69, 9.17) is 11.6 Å². The number of nitrogens with one attached hydrogen (secondary N) is 2. The molecule has 0 spiro atoms. The minimum atomic E-state index is -0.208. The minimum absolute atomic E-state index is 0.112. The van der Waals surface area contributed by atoms with Crippen molar-refractivity contribution in [2.45, 2.75) is 6.92 Å². The summed E-state index contributed by atoms with van der Waals surface area (Å²) >= 11 is 5.82. The highest BCUT2D eigenvalue weighted by Gasteiger charge is 1.95. The largest absolute Gasteiger partial charge is 0.355 e.